The van der Waals surface area contributed by atoms with Crippen LogP contribution < -0.4 is 24.4 Å². The minimum atomic E-state index is -0.285. The van der Waals surface area contributed by atoms with Crippen molar-refractivity contribution in [3.63, 3.8) is 0 Å². The summed E-state index contributed by atoms with van der Waals surface area (Å²) in [6.07, 6.45) is 0. The fourth-order valence-electron chi connectivity index (χ4n) is 2.95. The number of halogens is 1. The van der Waals surface area contributed by atoms with Crippen LogP contribution in [0.15, 0.2) is 35.1 Å². The Labute approximate surface area is 149 Å². The van der Waals surface area contributed by atoms with Crippen molar-refractivity contribution in [3.8, 4) is 23.0 Å². The Hall–Kier alpha value is -2.66. The lowest BCUT2D eigenvalue weighted by Crippen LogP contribution is -1.98. The zero-order valence-corrected chi connectivity index (χ0v) is 15.1. The van der Waals surface area contributed by atoms with Crippen molar-refractivity contribution >= 4 is 33.1 Å². The van der Waals surface area contributed by atoms with Gasteiger partial charge >= 0.3 is 0 Å². The molecule has 0 saturated heterocycles. The summed E-state index contributed by atoms with van der Waals surface area (Å²) in [5.41, 5.74) is -0.285. The third-order valence-electron chi connectivity index (χ3n) is 4.10. The van der Waals surface area contributed by atoms with Gasteiger partial charge in [0.1, 0.15) is 5.75 Å². The monoisotopic (exact) mass is 360 g/mol. The van der Waals surface area contributed by atoms with Gasteiger partial charge in [0.05, 0.1) is 33.5 Å². The first kappa shape index (κ1) is 17.2. The molecule has 0 atom stereocenters. The van der Waals surface area contributed by atoms with E-state index >= 15 is 0 Å². The van der Waals surface area contributed by atoms with E-state index < -0.39 is 0 Å². The first-order valence-electron chi connectivity index (χ1n) is 7.49. The highest BCUT2D eigenvalue weighted by molar-refractivity contribution is 6.32. The van der Waals surface area contributed by atoms with E-state index in [2.05, 4.69) is 0 Å². The number of ether oxygens (including phenoxy) is 4. The molecule has 6 heteroatoms. The lowest BCUT2D eigenvalue weighted by Gasteiger charge is -2.14. The maximum absolute atomic E-state index is 12.7. The lowest BCUT2D eigenvalue weighted by molar-refractivity contribution is 0.327. The van der Waals surface area contributed by atoms with E-state index in [0.717, 1.165) is 0 Å². The van der Waals surface area contributed by atoms with Gasteiger partial charge in [0, 0.05) is 10.8 Å². The van der Waals surface area contributed by atoms with Gasteiger partial charge in [0.15, 0.2) is 11.5 Å². The first-order chi connectivity index (χ1) is 12.0. The Morgan fingerprint density at radius 1 is 0.800 bits per heavy atom. The van der Waals surface area contributed by atoms with Crippen molar-refractivity contribution in [2.75, 3.05) is 28.4 Å². The Kier molecular flexibility index (Phi) is 4.59. The molecule has 5 nitrogen and oxygen atoms in total. The number of fused-ring (bicyclic) bond motifs is 3. The fourth-order valence-corrected chi connectivity index (χ4v) is 3.17. The summed E-state index contributed by atoms with van der Waals surface area (Å²) >= 11 is 6.25. The van der Waals surface area contributed by atoms with Crippen LogP contribution in [-0.2, 0) is 0 Å². The second-order valence-electron chi connectivity index (χ2n) is 5.34. The van der Waals surface area contributed by atoms with Gasteiger partial charge in [-0.2, -0.15) is 0 Å². The second kappa shape index (κ2) is 6.69. The molecule has 0 fully saturated rings. The van der Waals surface area contributed by atoms with Gasteiger partial charge in [-0.05, 0) is 41.1 Å². The molecule has 0 amide bonds. The van der Waals surface area contributed by atoms with Crippen molar-refractivity contribution in [1.82, 2.24) is 0 Å². The molecule has 0 radical (unpaired) electrons. The number of rotatable bonds is 4. The largest absolute Gasteiger partial charge is 0.497 e. The molecule has 25 heavy (non-hydrogen) atoms. The van der Waals surface area contributed by atoms with E-state index in [9.17, 15) is 4.79 Å². The van der Waals surface area contributed by atoms with Crippen molar-refractivity contribution < 1.29 is 18.9 Å². The maximum atomic E-state index is 12.7. The van der Waals surface area contributed by atoms with Crippen LogP contribution in [0.25, 0.3) is 21.5 Å². The standard InChI is InChI=1S/C19H17ClO5/c1-22-11-5-6-12-13(9-11)17(21)14(20)7-10-8-15(23-2)18(24-3)19(25-4)16(10)12/h5-9H,1-4H3. The Balaban J connectivity index is 2.67. The summed E-state index contributed by atoms with van der Waals surface area (Å²) in [5, 5.41) is 2.64. The molecule has 0 unspecified atom stereocenters. The summed E-state index contributed by atoms with van der Waals surface area (Å²) in [6.45, 7) is 0. The molecule has 0 spiro atoms. The molecule has 3 aromatic rings. The predicted molar refractivity (Wildman–Crippen MR) is 98.9 cm³/mol. The molecule has 3 aromatic carbocycles. The third-order valence-corrected chi connectivity index (χ3v) is 4.38. The molecule has 3 rings (SSSR count). The molecular formula is C19H17ClO5. The summed E-state index contributed by atoms with van der Waals surface area (Å²) in [7, 11) is 6.16. The lowest BCUT2D eigenvalue weighted by atomic mass is 10.0. The van der Waals surface area contributed by atoms with E-state index in [0.29, 0.717) is 44.5 Å². The summed E-state index contributed by atoms with van der Waals surface area (Å²) in [6, 6.07) is 8.63. The molecule has 130 valence electrons. The Morgan fingerprint density at radius 3 is 2.12 bits per heavy atom. The predicted octanol–water partition coefficient (Wildman–Crippen LogP) is 4.04. The van der Waals surface area contributed by atoms with Crippen LogP contribution in [0, 0.1) is 0 Å². The van der Waals surface area contributed by atoms with E-state index in [4.69, 9.17) is 30.5 Å². The fraction of sp³-hybridized carbons (Fsp3) is 0.211. The normalized spacial score (nSPS) is 10.8. The maximum Gasteiger partial charge on any atom is 0.205 e. The molecule has 0 heterocycles. The van der Waals surface area contributed by atoms with Crippen LogP contribution in [-0.4, -0.2) is 28.4 Å². The molecule has 0 aromatic heterocycles. The van der Waals surface area contributed by atoms with Crippen LogP contribution in [0.3, 0.4) is 0 Å². The summed E-state index contributed by atoms with van der Waals surface area (Å²) in [5.74, 6) is 1.98. The van der Waals surface area contributed by atoms with Gasteiger partial charge in [-0.15, -0.1) is 0 Å². The Morgan fingerprint density at radius 2 is 1.52 bits per heavy atom. The summed E-state index contributed by atoms with van der Waals surface area (Å²) < 4.78 is 21.7. The first-order valence-corrected chi connectivity index (χ1v) is 7.86. The smallest absolute Gasteiger partial charge is 0.205 e. The average molecular weight is 361 g/mol. The SMILES string of the molecule is COc1ccc2c(c1)c(=O)c(Cl)cc1cc(OC)c(OC)c(OC)c12. The summed E-state index contributed by atoms with van der Waals surface area (Å²) in [4.78, 5) is 12.7. The number of methoxy groups -OCH3 is 4. The number of hydrogen-bond acceptors (Lipinski definition) is 5. The Bertz CT molecular complexity index is 1030. The quantitative estimate of drug-likeness (QED) is 0.702. The molecule has 0 saturated carbocycles. The van der Waals surface area contributed by atoms with E-state index in [1.165, 1.54) is 14.2 Å². The van der Waals surface area contributed by atoms with Gasteiger partial charge in [0.2, 0.25) is 11.2 Å². The molecule has 0 aliphatic rings. The topological polar surface area (TPSA) is 54.0 Å². The van der Waals surface area contributed by atoms with Crippen molar-refractivity contribution in [2.45, 2.75) is 0 Å². The molecule has 0 aliphatic carbocycles. The van der Waals surface area contributed by atoms with Gasteiger partial charge in [-0.1, -0.05) is 11.6 Å². The van der Waals surface area contributed by atoms with Crippen LogP contribution in [0.1, 0.15) is 0 Å². The minimum absolute atomic E-state index is 0.0996. The highest BCUT2D eigenvalue weighted by Crippen LogP contribution is 2.45. The van der Waals surface area contributed by atoms with Crippen LogP contribution in [0.5, 0.6) is 23.0 Å². The zero-order chi connectivity index (χ0) is 18.1. The van der Waals surface area contributed by atoms with Crippen molar-refractivity contribution in [2.24, 2.45) is 0 Å². The van der Waals surface area contributed by atoms with Crippen molar-refractivity contribution in [1.29, 1.82) is 0 Å². The second-order valence-corrected chi connectivity index (χ2v) is 5.75. The molecule has 0 N–H and O–H groups in total. The number of hydrogen-bond donors (Lipinski definition) is 0. The van der Waals surface area contributed by atoms with Gasteiger partial charge in [0.25, 0.3) is 0 Å². The molecular weight excluding hydrogens is 344 g/mol. The van der Waals surface area contributed by atoms with Gasteiger partial charge < -0.3 is 18.9 Å². The van der Waals surface area contributed by atoms with Crippen LogP contribution in [0.4, 0.5) is 0 Å². The minimum Gasteiger partial charge on any atom is -0.497 e. The van der Waals surface area contributed by atoms with E-state index in [1.54, 1.807) is 38.5 Å². The number of benzene rings is 2. The highest BCUT2D eigenvalue weighted by atomic mass is 35.5. The zero-order valence-electron chi connectivity index (χ0n) is 14.3. The average Bonchev–Trinajstić information content (AvgIpc) is 2.74. The van der Waals surface area contributed by atoms with Gasteiger partial charge in [-0.25, -0.2) is 0 Å². The molecule has 0 aliphatic heterocycles. The molecule has 0 bridgehead atoms. The van der Waals surface area contributed by atoms with E-state index in [-0.39, 0.29) is 10.5 Å². The van der Waals surface area contributed by atoms with Crippen LogP contribution >= 0.6 is 11.6 Å². The van der Waals surface area contributed by atoms with E-state index in [1.807, 2.05) is 6.07 Å². The van der Waals surface area contributed by atoms with Gasteiger partial charge in [-0.3, -0.25) is 4.79 Å². The van der Waals surface area contributed by atoms with Crippen LogP contribution in [0.2, 0.25) is 5.02 Å². The third kappa shape index (κ3) is 2.70. The van der Waals surface area contributed by atoms with Crippen molar-refractivity contribution in [3.05, 3.63) is 45.6 Å². The highest BCUT2D eigenvalue weighted by Gasteiger charge is 2.19.